The van der Waals surface area contributed by atoms with Crippen molar-refractivity contribution in [3.63, 3.8) is 0 Å². The number of carbonyl (C=O) groups is 1. The zero-order valence-electron chi connectivity index (χ0n) is 27.3. The maximum atomic E-state index is 13.0. The van der Waals surface area contributed by atoms with Gasteiger partial charge < -0.3 is 15.0 Å². The minimum Gasteiger partial charge on any atom is -0.406 e. The molecule has 2 aromatic heterocycles. The van der Waals surface area contributed by atoms with Gasteiger partial charge in [0.05, 0.1) is 15.6 Å². The molecule has 0 radical (unpaired) electrons. The van der Waals surface area contributed by atoms with Gasteiger partial charge in [0.2, 0.25) is 0 Å². The van der Waals surface area contributed by atoms with Crippen LogP contribution in [0.2, 0.25) is 5.02 Å². The van der Waals surface area contributed by atoms with E-state index < -0.39 is 16.5 Å². The molecule has 1 fully saturated rings. The van der Waals surface area contributed by atoms with E-state index in [1.807, 2.05) is 26.0 Å². The summed E-state index contributed by atoms with van der Waals surface area (Å²) in [6.45, 7) is 5.88. The Morgan fingerprint density at radius 2 is 1.62 bits per heavy atom. The molecule has 5 aromatic rings. The molecule has 3 heterocycles. The number of halogens is 4. The van der Waals surface area contributed by atoms with Crippen molar-refractivity contribution >= 4 is 39.0 Å². The van der Waals surface area contributed by atoms with Gasteiger partial charge in [0.15, 0.2) is 0 Å². The van der Waals surface area contributed by atoms with Crippen LogP contribution in [0.3, 0.4) is 0 Å². The summed E-state index contributed by atoms with van der Waals surface area (Å²) >= 11 is 6.14. The number of fused-ring (bicyclic) bond motifs is 1. The molecule has 6 rings (SSSR count). The third kappa shape index (κ3) is 9.55. The van der Waals surface area contributed by atoms with Crippen LogP contribution in [0.5, 0.6) is 5.75 Å². The van der Waals surface area contributed by atoms with Crippen molar-refractivity contribution in [2.24, 2.45) is 0 Å². The van der Waals surface area contributed by atoms with Crippen LogP contribution in [0.1, 0.15) is 58.6 Å². The number of pyridine rings is 1. The van der Waals surface area contributed by atoms with Gasteiger partial charge in [-0.25, -0.2) is 4.98 Å². The van der Waals surface area contributed by atoms with Gasteiger partial charge in [-0.05, 0) is 91.8 Å². The van der Waals surface area contributed by atoms with E-state index in [1.54, 1.807) is 47.0 Å². The van der Waals surface area contributed by atoms with Gasteiger partial charge in [-0.15, -0.1) is 13.2 Å². The van der Waals surface area contributed by atoms with Gasteiger partial charge in [-0.3, -0.25) is 13.7 Å². The Morgan fingerprint density at radius 3 is 2.20 bits per heavy atom. The number of ether oxygens (including phenoxy) is 1. The summed E-state index contributed by atoms with van der Waals surface area (Å²) in [4.78, 5) is 19.8. The largest absolute Gasteiger partial charge is 0.573 e. The average Bonchev–Trinajstić information content (AvgIpc) is 3.45. The van der Waals surface area contributed by atoms with Crippen molar-refractivity contribution in [2.75, 3.05) is 18.0 Å². The first kappa shape index (κ1) is 36.7. The molecule has 50 heavy (non-hydrogen) atoms. The first-order chi connectivity index (χ1) is 23.7. The highest BCUT2D eigenvalue weighted by Gasteiger charge is 2.31. The fourth-order valence-corrected chi connectivity index (χ4v) is 6.41. The van der Waals surface area contributed by atoms with Gasteiger partial charge >= 0.3 is 6.36 Å². The molecule has 2 N–H and O–H groups in total. The Kier molecular flexibility index (Phi) is 11.4. The second kappa shape index (κ2) is 15.5. The first-order valence-corrected chi connectivity index (χ1v) is 17.7. The lowest BCUT2D eigenvalue weighted by atomic mass is 9.89. The summed E-state index contributed by atoms with van der Waals surface area (Å²) < 4.78 is 72.5. The maximum absolute atomic E-state index is 13.0. The molecule has 0 unspecified atom stereocenters. The van der Waals surface area contributed by atoms with Crippen LogP contribution in [0, 0.1) is 6.92 Å². The minimum atomic E-state index is -4.68. The number of nitrogens with one attached hydrogen (secondary N) is 1. The molecule has 1 amide bonds. The molecule has 0 saturated carbocycles. The molecule has 0 aliphatic carbocycles. The molecule has 1 saturated heterocycles. The second-order valence-electron chi connectivity index (χ2n) is 11.9. The van der Waals surface area contributed by atoms with E-state index in [9.17, 15) is 26.4 Å². The third-order valence-corrected chi connectivity index (χ3v) is 9.45. The molecule has 0 bridgehead atoms. The lowest BCUT2D eigenvalue weighted by molar-refractivity contribution is -0.274. The normalized spacial score (nSPS) is 13.9. The van der Waals surface area contributed by atoms with Gasteiger partial charge in [-0.1, -0.05) is 60.5 Å². The summed E-state index contributed by atoms with van der Waals surface area (Å²) in [6, 6.07) is 23.8. The second-order valence-corrected chi connectivity index (χ2v) is 13.7. The lowest BCUT2D eigenvalue weighted by Crippen LogP contribution is -2.32. The van der Waals surface area contributed by atoms with E-state index in [4.69, 9.17) is 16.2 Å². The highest BCUT2D eigenvalue weighted by molar-refractivity contribution is 7.85. The number of aromatic nitrogens is 2. The van der Waals surface area contributed by atoms with E-state index in [0.717, 1.165) is 54.0 Å². The summed E-state index contributed by atoms with van der Waals surface area (Å²) in [5.74, 6) is -0.113. The van der Waals surface area contributed by atoms with Crippen molar-refractivity contribution in [2.45, 2.75) is 56.8 Å². The van der Waals surface area contributed by atoms with Crippen molar-refractivity contribution in [1.82, 2.24) is 14.7 Å². The van der Waals surface area contributed by atoms with Gasteiger partial charge in [0.1, 0.15) is 17.1 Å². The number of nitrogens with zero attached hydrogens (tertiary/aromatic N) is 3. The quantitative estimate of drug-likeness (QED) is 0.156. The minimum absolute atomic E-state index is 0.0666. The number of aryl methyl sites for hydroxylation is 2. The van der Waals surface area contributed by atoms with Crippen molar-refractivity contribution < 1.29 is 35.7 Å². The predicted molar refractivity (Wildman–Crippen MR) is 185 cm³/mol. The van der Waals surface area contributed by atoms with Crippen LogP contribution in [-0.2, 0) is 23.1 Å². The van der Waals surface area contributed by atoms with E-state index in [2.05, 4.69) is 32.1 Å². The number of hydrogen-bond acceptors (Lipinski definition) is 6. The number of anilines is 1. The topological polar surface area (TPSA) is 113 Å². The van der Waals surface area contributed by atoms with Gasteiger partial charge in [0, 0.05) is 31.5 Å². The summed E-state index contributed by atoms with van der Waals surface area (Å²) in [7, 11) is -4.02. The number of carbonyl (C=O) groups excluding carboxylic acids is 1. The molecule has 1 aliphatic heterocycles. The highest BCUT2D eigenvalue weighted by atomic mass is 35.5. The Balaban J connectivity index is 0.000000377. The number of rotatable bonds is 8. The van der Waals surface area contributed by atoms with Crippen LogP contribution in [-0.4, -0.2) is 47.7 Å². The highest BCUT2D eigenvalue weighted by Crippen LogP contribution is 2.32. The van der Waals surface area contributed by atoms with E-state index in [0.29, 0.717) is 29.3 Å². The van der Waals surface area contributed by atoms with E-state index >= 15 is 0 Å². The number of imidazole rings is 1. The molecule has 14 heteroatoms. The number of alkyl halides is 3. The van der Waals surface area contributed by atoms with Crippen LogP contribution >= 0.6 is 11.6 Å². The Morgan fingerprint density at radius 1 is 0.980 bits per heavy atom. The average molecular weight is 729 g/mol. The first-order valence-electron chi connectivity index (χ1n) is 15.9. The number of hydrogen-bond donors (Lipinski definition) is 2. The molecule has 264 valence electrons. The Labute approximate surface area is 293 Å². The predicted octanol–water partition coefficient (Wildman–Crippen LogP) is 8.00. The fourth-order valence-electron chi connectivity index (χ4n) is 5.77. The van der Waals surface area contributed by atoms with E-state index in [-0.39, 0.29) is 22.5 Å². The molecule has 1 aliphatic rings. The Bertz CT molecular complexity index is 2030. The molecule has 0 spiro atoms. The number of piperidine rings is 1. The summed E-state index contributed by atoms with van der Waals surface area (Å²) in [5.41, 5.74) is 5.96. The van der Waals surface area contributed by atoms with Crippen LogP contribution < -0.4 is 15.0 Å². The molecule has 9 nitrogen and oxygen atoms in total. The third-order valence-electron chi connectivity index (χ3n) is 8.36. The maximum Gasteiger partial charge on any atom is 0.573 e. The number of amides is 1. The van der Waals surface area contributed by atoms with Crippen LogP contribution in [0.25, 0.3) is 5.65 Å². The zero-order chi connectivity index (χ0) is 36.1. The summed E-state index contributed by atoms with van der Waals surface area (Å²) in [5, 5.41) is 3.53. The fraction of sp³-hybridized carbons (Fsp3) is 0.278. The number of benzene rings is 3. The van der Waals surface area contributed by atoms with E-state index in [1.165, 1.54) is 24.3 Å². The van der Waals surface area contributed by atoms with Crippen molar-refractivity contribution in [3.8, 4) is 5.75 Å². The smallest absolute Gasteiger partial charge is 0.406 e. The lowest BCUT2D eigenvalue weighted by Gasteiger charge is -2.34. The van der Waals surface area contributed by atoms with Crippen molar-refractivity contribution in [1.29, 1.82) is 0 Å². The summed E-state index contributed by atoms with van der Waals surface area (Å²) in [6.07, 6.45) is -0.546. The molecule has 0 atom stereocenters. The van der Waals surface area contributed by atoms with Crippen LogP contribution in [0.4, 0.5) is 18.9 Å². The Hall–Kier alpha value is -4.59. The van der Waals surface area contributed by atoms with Gasteiger partial charge in [-0.2, -0.15) is 8.42 Å². The standard InChI is InChI=1S/C29H28ClF3N4O2.C7H8O3S/c1-2-25-27(37-18-22(30)7-12-26(37)35-25)28(38)34-17-19-3-8-23(9-4-19)36-15-13-21(14-16-36)20-5-10-24(11-6-20)39-29(31,32)33;1-6-2-4-7(5-3-6)11(8,9)10/h3-12,18,21H,2,13-17H2,1H3,(H,34,38);2-5H,1H3,(H,8,9,10). The molecular weight excluding hydrogens is 693 g/mol. The zero-order valence-corrected chi connectivity index (χ0v) is 28.9. The monoisotopic (exact) mass is 728 g/mol. The molecular formula is C36H36ClF3N4O5S. The molecule has 3 aromatic carbocycles. The van der Waals surface area contributed by atoms with Crippen molar-refractivity contribution in [3.05, 3.63) is 124 Å². The SMILES string of the molecule is CCc1nc2ccc(Cl)cn2c1C(=O)NCc1ccc(N2CCC(c3ccc(OC(F)(F)F)cc3)CC2)cc1.Cc1ccc(S(=O)(=O)O)cc1. The van der Waals surface area contributed by atoms with Crippen LogP contribution in [0.15, 0.2) is 96.0 Å². The van der Waals surface area contributed by atoms with Gasteiger partial charge in [0.25, 0.3) is 16.0 Å².